The molecule has 0 bridgehead atoms. The SMILES string of the molecule is Cc1ccccc1NS(=O)(=O)c1ccc(C)c(C(=O)N2CCC(CN)C2)c1. The molecule has 7 heteroatoms. The number of benzene rings is 2. The van der Waals surface area contributed by atoms with Gasteiger partial charge in [-0.05, 0) is 62.1 Å². The number of nitrogens with two attached hydrogens (primary N) is 1. The first kappa shape index (κ1) is 19.4. The summed E-state index contributed by atoms with van der Waals surface area (Å²) in [5.41, 5.74) is 8.23. The number of amides is 1. The third-order valence-corrected chi connectivity index (χ3v) is 6.41. The van der Waals surface area contributed by atoms with Crippen molar-refractivity contribution in [2.24, 2.45) is 11.7 Å². The molecule has 1 atom stereocenters. The highest BCUT2D eigenvalue weighted by atomic mass is 32.2. The number of rotatable bonds is 5. The Hall–Kier alpha value is -2.38. The second-order valence-electron chi connectivity index (χ2n) is 7.04. The molecule has 144 valence electrons. The molecule has 6 nitrogen and oxygen atoms in total. The molecule has 0 aliphatic carbocycles. The minimum absolute atomic E-state index is 0.0780. The molecular weight excluding hydrogens is 362 g/mol. The van der Waals surface area contributed by atoms with Crippen LogP contribution in [0.15, 0.2) is 47.4 Å². The number of hydrogen-bond acceptors (Lipinski definition) is 4. The van der Waals surface area contributed by atoms with Crippen molar-refractivity contribution in [3.05, 3.63) is 59.2 Å². The quantitative estimate of drug-likeness (QED) is 0.824. The molecule has 0 saturated carbocycles. The van der Waals surface area contributed by atoms with E-state index in [9.17, 15) is 13.2 Å². The molecule has 0 radical (unpaired) electrons. The Bertz CT molecular complexity index is 957. The van der Waals surface area contributed by atoms with Gasteiger partial charge in [0.1, 0.15) is 0 Å². The van der Waals surface area contributed by atoms with Crippen molar-refractivity contribution in [2.45, 2.75) is 25.2 Å². The van der Waals surface area contributed by atoms with Crippen LogP contribution in [0.25, 0.3) is 0 Å². The fourth-order valence-corrected chi connectivity index (χ4v) is 4.43. The van der Waals surface area contributed by atoms with Gasteiger partial charge in [-0.3, -0.25) is 9.52 Å². The lowest BCUT2D eigenvalue weighted by atomic mass is 10.1. The molecule has 1 aliphatic heterocycles. The Morgan fingerprint density at radius 3 is 2.59 bits per heavy atom. The van der Waals surface area contributed by atoms with Gasteiger partial charge >= 0.3 is 0 Å². The van der Waals surface area contributed by atoms with Crippen molar-refractivity contribution in [1.29, 1.82) is 0 Å². The molecule has 1 aliphatic rings. The molecule has 3 N–H and O–H groups in total. The summed E-state index contributed by atoms with van der Waals surface area (Å²) in [6.07, 6.45) is 0.883. The molecule has 1 saturated heterocycles. The second kappa shape index (κ2) is 7.70. The zero-order chi connectivity index (χ0) is 19.6. The molecule has 0 spiro atoms. The van der Waals surface area contributed by atoms with Crippen LogP contribution in [-0.2, 0) is 10.0 Å². The van der Waals surface area contributed by atoms with Crippen LogP contribution in [0.5, 0.6) is 0 Å². The predicted octanol–water partition coefficient (Wildman–Crippen LogP) is 2.53. The summed E-state index contributed by atoms with van der Waals surface area (Å²) in [4.78, 5) is 14.7. The molecular formula is C20H25N3O3S. The van der Waals surface area contributed by atoms with Gasteiger partial charge in [-0.2, -0.15) is 0 Å². The van der Waals surface area contributed by atoms with Crippen molar-refractivity contribution in [3.63, 3.8) is 0 Å². The number of nitrogens with zero attached hydrogens (tertiary/aromatic N) is 1. The normalized spacial score (nSPS) is 17.1. The zero-order valence-electron chi connectivity index (χ0n) is 15.6. The first-order valence-corrected chi connectivity index (χ1v) is 10.5. The summed E-state index contributed by atoms with van der Waals surface area (Å²) < 4.78 is 28.2. The fourth-order valence-electron chi connectivity index (χ4n) is 3.27. The van der Waals surface area contributed by atoms with E-state index in [1.165, 1.54) is 12.1 Å². The number of anilines is 1. The average molecular weight is 388 g/mol. The van der Waals surface area contributed by atoms with E-state index in [1.807, 2.05) is 26.0 Å². The topological polar surface area (TPSA) is 92.5 Å². The first-order chi connectivity index (χ1) is 12.8. The molecule has 3 rings (SSSR count). The maximum Gasteiger partial charge on any atom is 0.261 e. The highest BCUT2D eigenvalue weighted by Crippen LogP contribution is 2.24. The Morgan fingerprint density at radius 1 is 1.19 bits per heavy atom. The fraction of sp³-hybridized carbons (Fsp3) is 0.350. The van der Waals surface area contributed by atoms with Gasteiger partial charge in [-0.15, -0.1) is 0 Å². The van der Waals surface area contributed by atoms with Gasteiger partial charge in [0.05, 0.1) is 10.6 Å². The zero-order valence-corrected chi connectivity index (χ0v) is 16.4. The first-order valence-electron chi connectivity index (χ1n) is 9.00. The highest BCUT2D eigenvalue weighted by molar-refractivity contribution is 7.92. The lowest BCUT2D eigenvalue weighted by Gasteiger charge is -2.18. The van der Waals surface area contributed by atoms with E-state index in [0.717, 1.165) is 17.5 Å². The van der Waals surface area contributed by atoms with Crippen LogP contribution in [0.3, 0.4) is 0 Å². The van der Waals surface area contributed by atoms with E-state index >= 15 is 0 Å². The predicted molar refractivity (Wildman–Crippen MR) is 106 cm³/mol. The number of sulfonamides is 1. The standard InChI is InChI=1S/C20H25N3O3S/c1-14-7-8-17(27(25,26)22-19-6-4-3-5-15(19)2)11-18(14)20(24)23-10-9-16(12-21)13-23/h3-8,11,16,22H,9-10,12-13,21H2,1-2H3. The smallest absolute Gasteiger partial charge is 0.261 e. The van der Waals surface area contributed by atoms with E-state index in [0.29, 0.717) is 36.8 Å². The van der Waals surface area contributed by atoms with E-state index < -0.39 is 10.0 Å². The Labute approximate surface area is 160 Å². The number of nitrogens with one attached hydrogen (secondary N) is 1. The minimum Gasteiger partial charge on any atom is -0.338 e. The maximum atomic E-state index is 12.9. The molecule has 1 amide bonds. The largest absolute Gasteiger partial charge is 0.338 e. The number of aryl methyl sites for hydroxylation is 2. The van der Waals surface area contributed by atoms with E-state index in [-0.39, 0.29) is 10.8 Å². The van der Waals surface area contributed by atoms with Gasteiger partial charge in [0.25, 0.3) is 15.9 Å². The van der Waals surface area contributed by atoms with Crippen molar-refractivity contribution in [2.75, 3.05) is 24.4 Å². The molecule has 1 unspecified atom stereocenters. The van der Waals surface area contributed by atoms with Gasteiger partial charge in [-0.25, -0.2) is 8.42 Å². The van der Waals surface area contributed by atoms with Crippen molar-refractivity contribution in [3.8, 4) is 0 Å². The number of para-hydroxylation sites is 1. The van der Waals surface area contributed by atoms with Gasteiger partial charge in [0.15, 0.2) is 0 Å². The molecule has 27 heavy (non-hydrogen) atoms. The summed E-state index contributed by atoms with van der Waals surface area (Å²) in [5.74, 6) is 0.167. The Morgan fingerprint density at radius 2 is 1.93 bits per heavy atom. The van der Waals surface area contributed by atoms with E-state index in [1.54, 1.807) is 23.1 Å². The molecule has 1 fully saturated rings. The van der Waals surface area contributed by atoms with Crippen molar-refractivity contribution < 1.29 is 13.2 Å². The summed E-state index contributed by atoms with van der Waals surface area (Å²) in [7, 11) is -3.79. The molecule has 2 aromatic carbocycles. The summed E-state index contributed by atoms with van der Waals surface area (Å²) >= 11 is 0. The van der Waals surface area contributed by atoms with Crippen LogP contribution in [0.2, 0.25) is 0 Å². The van der Waals surface area contributed by atoms with Gasteiger partial charge in [0.2, 0.25) is 0 Å². The van der Waals surface area contributed by atoms with Crippen LogP contribution in [0.1, 0.15) is 27.9 Å². The van der Waals surface area contributed by atoms with Crippen LogP contribution in [0.4, 0.5) is 5.69 Å². The Kier molecular flexibility index (Phi) is 5.53. The van der Waals surface area contributed by atoms with Crippen molar-refractivity contribution in [1.82, 2.24) is 4.90 Å². The van der Waals surface area contributed by atoms with Crippen LogP contribution < -0.4 is 10.5 Å². The van der Waals surface area contributed by atoms with Gasteiger partial charge in [0, 0.05) is 18.7 Å². The second-order valence-corrected chi connectivity index (χ2v) is 8.72. The summed E-state index contributed by atoms with van der Waals surface area (Å²) in [5, 5.41) is 0. The van der Waals surface area contributed by atoms with Gasteiger partial charge < -0.3 is 10.6 Å². The third-order valence-electron chi connectivity index (χ3n) is 5.05. The minimum atomic E-state index is -3.79. The van der Waals surface area contributed by atoms with E-state index in [2.05, 4.69) is 4.72 Å². The molecule has 1 heterocycles. The Balaban J connectivity index is 1.88. The number of carbonyl (C=O) groups excluding carboxylic acids is 1. The monoisotopic (exact) mass is 387 g/mol. The van der Waals surface area contributed by atoms with Crippen LogP contribution in [-0.4, -0.2) is 38.9 Å². The summed E-state index contributed by atoms with van der Waals surface area (Å²) in [6.45, 7) is 5.47. The third kappa shape index (κ3) is 4.14. The van der Waals surface area contributed by atoms with Crippen LogP contribution in [0, 0.1) is 19.8 Å². The number of hydrogen-bond donors (Lipinski definition) is 2. The number of likely N-dealkylation sites (tertiary alicyclic amines) is 1. The van der Waals surface area contributed by atoms with Gasteiger partial charge in [-0.1, -0.05) is 24.3 Å². The average Bonchev–Trinajstić information content (AvgIpc) is 3.12. The van der Waals surface area contributed by atoms with Crippen molar-refractivity contribution >= 4 is 21.6 Å². The maximum absolute atomic E-state index is 12.9. The lowest BCUT2D eigenvalue weighted by molar-refractivity contribution is 0.0786. The summed E-state index contributed by atoms with van der Waals surface area (Å²) in [6, 6.07) is 11.8. The van der Waals surface area contributed by atoms with E-state index in [4.69, 9.17) is 5.73 Å². The number of carbonyl (C=O) groups is 1. The lowest BCUT2D eigenvalue weighted by Crippen LogP contribution is -2.30. The molecule has 0 aromatic heterocycles. The molecule has 2 aromatic rings. The highest BCUT2D eigenvalue weighted by Gasteiger charge is 2.28. The van der Waals surface area contributed by atoms with Crippen LogP contribution >= 0.6 is 0 Å².